The van der Waals surface area contributed by atoms with Gasteiger partial charge in [0, 0.05) is 25.5 Å². The Balaban J connectivity index is 1.85. The highest BCUT2D eigenvalue weighted by Crippen LogP contribution is 2.28. The van der Waals surface area contributed by atoms with Gasteiger partial charge in [0.2, 0.25) is 0 Å². The molecule has 7 nitrogen and oxygen atoms in total. The maximum atomic E-state index is 7.40. The zero-order valence-corrected chi connectivity index (χ0v) is 18.8. The van der Waals surface area contributed by atoms with E-state index in [1.165, 1.54) is 0 Å². The molecule has 0 saturated carbocycles. The van der Waals surface area contributed by atoms with E-state index >= 15 is 0 Å². The first-order chi connectivity index (χ1) is 14.9. The Morgan fingerprint density at radius 1 is 1.32 bits per heavy atom. The van der Waals surface area contributed by atoms with Crippen molar-refractivity contribution in [3.8, 4) is 0 Å². The molecule has 1 aromatic carbocycles. The molecule has 1 fully saturated rings. The first-order valence-electron chi connectivity index (χ1n) is 10.6. The molecule has 0 spiro atoms. The number of morpholine rings is 1. The van der Waals surface area contributed by atoms with E-state index < -0.39 is 0 Å². The van der Waals surface area contributed by atoms with E-state index in [1.54, 1.807) is 0 Å². The van der Waals surface area contributed by atoms with Crippen LogP contribution in [-0.4, -0.2) is 40.3 Å². The van der Waals surface area contributed by atoms with Gasteiger partial charge >= 0.3 is 0 Å². The van der Waals surface area contributed by atoms with Crippen molar-refractivity contribution in [3.63, 3.8) is 0 Å². The van der Waals surface area contributed by atoms with Gasteiger partial charge in [0.05, 0.1) is 37.0 Å². The average molecular weight is 417 g/mol. The van der Waals surface area contributed by atoms with E-state index in [-0.39, 0.29) is 12.1 Å². The molecule has 160 valence electrons. The minimum atomic E-state index is -0.121. The Morgan fingerprint density at radius 2 is 2.13 bits per heavy atom. The van der Waals surface area contributed by atoms with Gasteiger partial charge in [-0.05, 0) is 44.9 Å². The summed E-state index contributed by atoms with van der Waals surface area (Å²) in [6.07, 6.45) is 2.09. The summed E-state index contributed by atoms with van der Waals surface area (Å²) in [5.41, 5.74) is 4.39. The highest BCUT2D eigenvalue weighted by Gasteiger charge is 2.19. The largest absolute Gasteiger partial charge is 0.375 e. The van der Waals surface area contributed by atoms with E-state index in [1.807, 2.05) is 49.9 Å². The first kappa shape index (κ1) is 21.0. The third-order valence-electron chi connectivity index (χ3n) is 6.02. The fourth-order valence-electron chi connectivity index (χ4n) is 4.11. The van der Waals surface area contributed by atoms with E-state index in [2.05, 4.69) is 29.7 Å². The van der Waals surface area contributed by atoms with Crippen LogP contribution in [0.25, 0.3) is 15.7 Å². The van der Waals surface area contributed by atoms with Gasteiger partial charge in [-0.3, -0.25) is 4.99 Å². The van der Waals surface area contributed by atoms with Crippen LogP contribution in [0.1, 0.15) is 36.8 Å². The average Bonchev–Trinajstić information content (AvgIpc) is 2.77. The van der Waals surface area contributed by atoms with Crippen LogP contribution in [0.2, 0.25) is 0 Å². The molecule has 1 aliphatic heterocycles. The minimum Gasteiger partial charge on any atom is -0.375 e. The number of nitrogens with zero attached hydrogens (tertiary/aromatic N) is 6. The van der Waals surface area contributed by atoms with Gasteiger partial charge in [0.1, 0.15) is 11.6 Å². The van der Waals surface area contributed by atoms with Gasteiger partial charge in [0.15, 0.2) is 11.2 Å². The van der Waals surface area contributed by atoms with Crippen LogP contribution in [0.15, 0.2) is 35.5 Å². The molecule has 1 saturated heterocycles. The Kier molecular flexibility index (Phi) is 5.75. The number of anilines is 1. The highest BCUT2D eigenvalue weighted by atomic mass is 16.5. The summed E-state index contributed by atoms with van der Waals surface area (Å²) in [5.74, 6) is 1.79. The zero-order chi connectivity index (χ0) is 22.1. The normalized spacial score (nSPS) is 18.3. The Hall–Kier alpha value is -3.24. The smallest absolute Gasteiger partial charge is 0.190 e. The van der Waals surface area contributed by atoms with E-state index in [0.717, 1.165) is 46.8 Å². The first-order valence-corrected chi connectivity index (χ1v) is 10.6. The van der Waals surface area contributed by atoms with Crippen LogP contribution in [0.4, 0.5) is 11.5 Å². The highest BCUT2D eigenvalue weighted by molar-refractivity contribution is 5.80. The summed E-state index contributed by atoms with van der Waals surface area (Å²) >= 11 is 0. The summed E-state index contributed by atoms with van der Waals surface area (Å²) in [6, 6.07) is 7.78. The molecule has 0 N–H and O–H groups in total. The Bertz CT molecular complexity index is 1240. The number of aromatic nitrogens is 3. The van der Waals surface area contributed by atoms with Crippen molar-refractivity contribution < 1.29 is 4.74 Å². The molecule has 0 radical (unpaired) electrons. The summed E-state index contributed by atoms with van der Waals surface area (Å²) < 4.78 is 7.73. The summed E-state index contributed by atoms with van der Waals surface area (Å²) in [4.78, 5) is 20.4. The fourth-order valence-corrected chi connectivity index (χ4v) is 4.11. The number of hydrogen-bond acceptors (Lipinski definition) is 5. The van der Waals surface area contributed by atoms with E-state index in [9.17, 15) is 0 Å². The monoisotopic (exact) mass is 416 g/mol. The van der Waals surface area contributed by atoms with Crippen LogP contribution in [0.3, 0.4) is 0 Å². The van der Waals surface area contributed by atoms with Gasteiger partial charge in [-0.15, -0.1) is 0 Å². The van der Waals surface area contributed by atoms with Crippen molar-refractivity contribution in [2.75, 3.05) is 24.6 Å². The van der Waals surface area contributed by atoms with Gasteiger partial charge in [0.25, 0.3) is 0 Å². The van der Waals surface area contributed by atoms with Gasteiger partial charge < -0.3 is 14.2 Å². The number of benzene rings is 1. The molecule has 0 unspecified atom stereocenters. The molecule has 3 heterocycles. The van der Waals surface area contributed by atoms with Crippen molar-refractivity contribution in [2.45, 2.75) is 39.8 Å². The van der Waals surface area contributed by atoms with Crippen molar-refractivity contribution in [1.82, 2.24) is 14.5 Å². The van der Waals surface area contributed by atoms with Crippen LogP contribution in [-0.2, 0) is 11.8 Å². The molecule has 31 heavy (non-hydrogen) atoms. The van der Waals surface area contributed by atoms with Crippen molar-refractivity contribution >= 4 is 22.4 Å². The molecule has 0 amide bonds. The number of rotatable bonds is 3. The number of aryl methyl sites for hydroxylation is 2. The SMILES string of the molecule is [C-]#[N+]c1cccc([C@@H](C)N=c2nc(C)n(C)c3cnc(N4CCO[C@H](C)C4)cc23)c1C. The minimum absolute atomic E-state index is 0.121. The number of pyridine rings is 1. The van der Waals surface area contributed by atoms with Gasteiger partial charge in [-0.1, -0.05) is 18.2 Å². The lowest BCUT2D eigenvalue weighted by molar-refractivity contribution is 0.0529. The molecule has 4 rings (SSSR count). The van der Waals surface area contributed by atoms with Crippen LogP contribution in [0, 0.1) is 20.4 Å². The van der Waals surface area contributed by atoms with Crippen LogP contribution in [0.5, 0.6) is 0 Å². The summed E-state index contributed by atoms with van der Waals surface area (Å²) in [5, 5.41) is 0.975. The lowest BCUT2D eigenvalue weighted by atomic mass is 10.0. The van der Waals surface area contributed by atoms with Crippen LogP contribution >= 0.6 is 0 Å². The topological polar surface area (TPSA) is 59.9 Å². The molecule has 0 bridgehead atoms. The lowest BCUT2D eigenvalue weighted by Crippen LogP contribution is -2.41. The van der Waals surface area contributed by atoms with Crippen molar-refractivity contribution in [3.05, 3.63) is 64.3 Å². The van der Waals surface area contributed by atoms with E-state index in [0.29, 0.717) is 17.8 Å². The Morgan fingerprint density at radius 3 is 2.87 bits per heavy atom. The predicted octanol–water partition coefficient (Wildman–Crippen LogP) is 4.02. The summed E-state index contributed by atoms with van der Waals surface area (Å²) in [6.45, 7) is 17.8. The summed E-state index contributed by atoms with van der Waals surface area (Å²) in [7, 11) is 2.00. The molecule has 2 aromatic heterocycles. The third kappa shape index (κ3) is 4.04. The molecule has 0 aliphatic carbocycles. The molecule has 1 aliphatic rings. The maximum Gasteiger partial charge on any atom is 0.190 e. The standard InChI is InChI=1S/C24H28N6O/c1-15-14-30(10-11-31-15)23-12-20-22(13-26-23)29(6)18(4)28-24(20)27-17(3)19-8-7-9-21(25-5)16(19)2/h7-9,12-13,15,17H,10-11,14H2,1-4,6H3/t15-,17-/m1/s1. The fraction of sp³-hybridized carbons (Fsp3) is 0.417. The molecular weight excluding hydrogens is 388 g/mol. The second-order valence-corrected chi connectivity index (χ2v) is 8.14. The second-order valence-electron chi connectivity index (χ2n) is 8.14. The van der Waals surface area contributed by atoms with Crippen LogP contribution < -0.4 is 10.4 Å². The second kappa shape index (κ2) is 8.48. The predicted molar refractivity (Wildman–Crippen MR) is 122 cm³/mol. The molecule has 3 aromatic rings. The number of fused-ring (bicyclic) bond motifs is 1. The molecule has 7 heteroatoms. The molecular formula is C24H28N6O. The third-order valence-corrected chi connectivity index (χ3v) is 6.02. The Labute approximate surface area is 182 Å². The van der Waals surface area contributed by atoms with Gasteiger partial charge in [-0.2, -0.15) is 0 Å². The quantitative estimate of drug-likeness (QED) is 0.605. The molecule has 2 atom stereocenters. The van der Waals surface area contributed by atoms with Crippen molar-refractivity contribution in [2.24, 2.45) is 12.0 Å². The number of ether oxygens (including phenoxy) is 1. The lowest BCUT2D eigenvalue weighted by Gasteiger charge is -2.32. The van der Waals surface area contributed by atoms with E-state index in [4.69, 9.17) is 26.3 Å². The maximum absolute atomic E-state index is 7.40. The zero-order valence-electron chi connectivity index (χ0n) is 18.8. The number of hydrogen-bond donors (Lipinski definition) is 0. The van der Waals surface area contributed by atoms with Crippen molar-refractivity contribution in [1.29, 1.82) is 0 Å². The van der Waals surface area contributed by atoms with Gasteiger partial charge in [-0.25, -0.2) is 14.8 Å².